The fraction of sp³-hybridized carbons (Fsp3) is 0.231. The molecule has 6 heteroatoms. The molecule has 0 aliphatic heterocycles. The van der Waals surface area contributed by atoms with Gasteiger partial charge in [-0.25, -0.2) is 4.98 Å². The highest BCUT2D eigenvalue weighted by Gasteiger charge is 2.13. The number of imidazole rings is 1. The smallest absolute Gasteiger partial charge is 0.251 e. The molecule has 4 rings (SSSR count). The van der Waals surface area contributed by atoms with Gasteiger partial charge in [-0.05, 0) is 42.8 Å². The van der Waals surface area contributed by atoms with Gasteiger partial charge in [0.25, 0.3) is 5.91 Å². The van der Waals surface area contributed by atoms with Gasteiger partial charge >= 0.3 is 0 Å². The summed E-state index contributed by atoms with van der Waals surface area (Å²) in [5, 5.41) is 2.99. The van der Waals surface area contributed by atoms with Crippen LogP contribution in [0.3, 0.4) is 0 Å². The quantitative estimate of drug-likeness (QED) is 0.451. The third-order valence-electron chi connectivity index (χ3n) is 5.47. The topological polar surface area (TPSA) is 65.4 Å². The van der Waals surface area contributed by atoms with E-state index in [1.165, 1.54) is 11.1 Å². The summed E-state index contributed by atoms with van der Waals surface area (Å²) < 4.78 is 12.8. The lowest BCUT2D eigenvalue weighted by molar-refractivity contribution is 0.0953. The number of hydrogen-bond donors (Lipinski definition) is 1. The molecule has 1 heterocycles. The Labute approximate surface area is 187 Å². The Morgan fingerprint density at radius 3 is 2.47 bits per heavy atom. The zero-order valence-electron chi connectivity index (χ0n) is 18.6. The normalized spacial score (nSPS) is 10.8. The van der Waals surface area contributed by atoms with Crippen molar-refractivity contribution in [1.82, 2.24) is 14.9 Å². The average molecular weight is 430 g/mol. The maximum atomic E-state index is 12.6. The van der Waals surface area contributed by atoms with E-state index in [1.54, 1.807) is 32.4 Å². The van der Waals surface area contributed by atoms with E-state index >= 15 is 0 Å². The van der Waals surface area contributed by atoms with Crippen LogP contribution in [-0.2, 0) is 13.0 Å². The van der Waals surface area contributed by atoms with E-state index in [0.717, 1.165) is 23.4 Å². The van der Waals surface area contributed by atoms with Crippen LogP contribution in [0.25, 0.3) is 11.0 Å². The first-order valence-corrected chi connectivity index (χ1v) is 10.6. The largest absolute Gasteiger partial charge is 0.493 e. The Balaban J connectivity index is 1.49. The number of carbonyl (C=O) groups excluding carboxylic acids is 1. The summed E-state index contributed by atoms with van der Waals surface area (Å²) in [4.78, 5) is 17.5. The molecule has 0 unspecified atom stereocenters. The number of rotatable bonds is 8. The first-order chi connectivity index (χ1) is 15.6. The standard InChI is InChI=1S/C26H27N3O3/c1-18-8-10-19(11-9-18)17-29-22-7-5-4-6-21(22)28-25(29)14-15-27-26(30)20-12-13-23(31-2)24(16-20)32-3/h4-13,16H,14-15,17H2,1-3H3,(H,27,30). The summed E-state index contributed by atoms with van der Waals surface area (Å²) in [7, 11) is 3.12. The number of carbonyl (C=O) groups is 1. The van der Waals surface area contributed by atoms with Gasteiger partial charge in [0, 0.05) is 25.1 Å². The number of ether oxygens (including phenoxy) is 2. The van der Waals surface area contributed by atoms with Crippen molar-refractivity contribution in [1.29, 1.82) is 0 Å². The molecule has 0 fully saturated rings. The first kappa shape index (κ1) is 21.4. The van der Waals surface area contributed by atoms with E-state index in [1.807, 2.05) is 18.2 Å². The van der Waals surface area contributed by atoms with Gasteiger partial charge in [-0.15, -0.1) is 0 Å². The van der Waals surface area contributed by atoms with Gasteiger partial charge in [0.2, 0.25) is 0 Å². The molecule has 0 aliphatic carbocycles. The second-order valence-corrected chi connectivity index (χ2v) is 7.66. The number of benzene rings is 3. The molecule has 4 aromatic rings. The number of para-hydroxylation sites is 2. The summed E-state index contributed by atoms with van der Waals surface area (Å²) in [6.45, 7) is 3.30. The SMILES string of the molecule is COc1ccc(C(=O)NCCc2nc3ccccc3n2Cc2ccc(C)cc2)cc1OC. The molecule has 0 aliphatic rings. The molecule has 1 amide bonds. The van der Waals surface area contributed by atoms with Crippen molar-refractivity contribution in [3.63, 3.8) is 0 Å². The Hall–Kier alpha value is -3.80. The second-order valence-electron chi connectivity index (χ2n) is 7.66. The minimum Gasteiger partial charge on any atom is -0.493 e. The van der Waals surface area contributed by atoms with Crippen molar-refractivity contribution in [3.05, 3.63) is 89.2 Å². The lowest BCUT2D eigenvalue weighted by Crippen LogP contribution is -2.26. The Kier molecular flexibility index (Phi) is 6.40. The molecule has 32 heavy (non-hydrogen) atoms. The first-order valence-electron chi connectivity index (χ1n) is 10.6. The molecule has 1 aromatic heterocycles. The highest BCUT2D eigenvalue weighted by Crippen LogP contribution is 2.27. The molecular weight excluding hydrogens is 402 g/mol. The van der Waals surface area contributed by atoms with Crippen molar-refractivity contribution in [2.24, 2.45) is 0 Å². The fourth-order valence-electron chi connectivity index (χ4n) is 3.74. The highest BCUT2D eigenvalue weighted by atomic mass is 16.5. The highest BCUT2D eigenvalue weighted by molar-refractivity contribution is 5.94. The number of aromatic nitrogens is 2. The Bertz CT molecular complexity index is 1230. The molecule has 0 radical (unpaired) electrons. The molecule has 6 nitrogen and oxygen atoms in total. The van der Waals surface area contributed by atoms with Crippen LogP contribution >= 0.6 is 0 Å². The molecule has 0 saturated heterocycles. The lowest BCUT2D eigenvalue weighted by Gasteiger charge is -2.12. The monoisotopic (exact) mass is 429 g/mol. The summed E-state index contributed by atoms with van der Waals surface area (Å²) in [5.74, 6) is 1.90. The van der Waals surface area contributed by atoms with Gasteiger partial charge in [-0.3, -0.25) is 4.79 Å². The zero-order valence-corrected chi connectivity index (χ0v) is 18.6. The van der Waals surface area contributed by atoms with Crippen LogP contribution in [0.15, 0.2) is 66.7 Å². The van der Waals surface area contributed by atoms with Crippen LogP contribution in [0.4, 0.5) is 0 Å². The van der Waals surface area contributed by atoms with Crippen LogP contribution in [-0.4, -0.2) is 36.2 Å². The summed E-state index contributed by atoms with van der Waals surface area (Å²) in [6, 6.07) is 21.8. The van der Waals surface area contributed by atoms with E-state index in [2.05, 4.69) is 47.1 Å². The van der Waals surface area contributed by atoms with Crippen LogP contribution in [0.2, 0.25) is 0 Å². The van der Waals surface area contributed by atoms with Gasteiger partial charge < -0.3 is 19.4 Å². The Morgan fingerprint density at radius 2 is 1.72 bits per heavy atom. The summed E-state index contributed by atoms with van der Waals surface area (Å²) in [6.07, 6.45) is 0.625. The van der Waals surface area contributed by atoms with Gasteiger partial charge in [-0.2, -0.15) is 0 Å². The van der Waals surface area contributed by atoms with Crippen LogP contribution in [0.5, 0.6) is 11.5 Å². The van der Waals surface area contributed by atoms with Crippen molar-refractivity contribution < 1.29 is 14.3 Å². The van der Waals surface area contributed by atoms with E-state index in [-0.39, 0.29) is 5.91 Å². The zero-order chi connectivity index (χ0) is 22.5. The molecule has 0 bridgehead atoms. The van der Waals surface area contributed by atoms with Crippen molar-refractivity contribution in [2.75, 3.05) is 20.8 Å². The molecule has 3 aromatic carbocycles. The molecule has 0 spiro atoms. The number of methoxy groups -OCH3 is 2. The van der Waals surface area contributed by atoms with Crippen molar-refractivity contribution >= 4 is 16.9 Å². The number of nitrogens with zero attached hydrogens (tertiary/aromatic N) is 2. The minimum atomic E-state index is -0.160. The number of hydrogen-bond acceptors (Lipinski definition) is 4. The number of nitrogens with one attached hydrogen (secondary N) is 1. The molecule has 0 atom stereocenters. The number of amides is 1. The average Bonchev–Trinajstić information content (AvgIpc) is 3.17. The van der Waals surface area contributed by atoms with E-state index < -0.39 is 0 Å². The molecule has 164 valence electrons. The maximum absolute atomic E-state index is 12.6. The van der Waals surface area contributed by atoms with Gasteiger partial charge in [-0.1, -0.05) is 42.0 Å². The van der Waals surface area contributed by atoms with Crippen molar-refractivity contribution in [3.8, 4) is 11.5 Å². The van der Waals surface area contributed by atoms with Crippen LogP contribution < -0.4 is 14.8 Å². The predicted molar refractivity (Wildman–Crippen MR) is 126 cm³/mol. The van der Waals surface area contributed by atoms with E-state index in [9.17, 15) is 4.79 Å². The molecule has 0 saturated carbocycles. The van der Waals surface area contributed by atoms with E-state index in [4.69, 9.17) is 14.5 Å². The third-order valence-corrected chi connectivity index (χ3v) is 5.47. The lowest BCUT2D eigenvalue weighted by atomic mass is 10.1. The number of aryl methyl sites for hydroxylation is 1. The van der Waals surface area contributed by atoms with Crippen LogP contribution in [0, 0.1) is 6.92 Å². The minimum absolute atomic E-state index is 0.160. The van der Waals surface area contributed by atoms with Crippen LogP contribution in [0.1, 0.15) is 27.3 Å². The van der Waals surface area contributed by atoms with Gasteiger partial charge in [0.15, 0.2) is 11.5 Å². The summed E-state index contributed by atoms with van der Waals surface area (Å²) >= 11 is 0. The van der Waals surface area contributed by atoms with Gasteiger partial charge in [0.1, 0.15) is 5.82 Å². The van der Waals surface area contributed by atoms with Gasteiger partial charge in [0.05, 0.1) is 25.3 Å². The maximum Gasteiger partial charge on any atom is 0.251 e. The third kappa shape index (κ3) is 4.59. The second kappa shape index (κ2) is 9.56. The molecular formula is C26H27N3O3. The summed E-state index contributed by atoms with van der Waals surface area (Å²) in [5.41, 5.74) is 5.03. The van der Waals surface area contributed by atoms with E-state index in [0.29, 0.717) is 30.0 Å². The predicted octanol–water partition coefficient (Wildman–Crippen LogP) is 4.38. The Morgan fingerprint density at radius 1 is 0.969 bits per heavy atom. The van der Waals surface area contributed by atoms with Crippen molar-refractivity contribution in [2.45, 2.75) is 19.9 Å². The molecule has 1 N–H and O–H groups in total. The number of fused-ring (bicyclic) bond motifs is 1. The fourth-order valence-corrected chi connectivity index (χ4v) is 3.74.